The second-order valence-corrected chi connectivity index (χ2v) is 5.33. The minimum absolute atomic E-state index is 0.164. The van der Waals surface area contributed by atoms with Gasteiger partial charge in [-0.15, -0.1) is 0 Å². The molecule has 5 nitrogen and oxygen atoms in total. The normalized spacial score (nSPS) is 11.2. The number of anilines is 1. The molecule has 134 valence electrons. The Morgan fingerprint density at radius 3 is 2.31 bits per heavy atom. The lowest BCUT2D eigenvalue weighted by molar-refractivity contribution is -0.143. The fraction of sp³-hybridized carbons (Fsp3) is 0.111. The van der Waals surface area contributed by atoms with Crippen LogP contribution in [0.15, 0.2) is 60.8 Å². The highest BCUT2D eigenvalue weighted by Crippen LogP contribution is 2.34. The molecule has 0 aliphatic rings. The van der Waals surface area contributed by atoms with Crippen molar-refractivity contribution in [2.75, 3.05) is 12.4 Å². The summed E-state index contributed by atoms with van der Waals surface area (Å²) in [5.41, 5.74) is -1.15. The van der Waals surface area contributed by atoms with E-state index in [2.05, 4.69) is 10.4 Å². The van der Waals surface area contributed by atoms with E-state index in [0.29, 0.717) is 16.1 Å². The predicted octanol–water partition coefficient (Wildman–Crippen LogP) is 4.15. The second-order valence-electron chi connectivity index (χ2n) is 5.33. The van der Waals surface area contributed by atoms with Crippen molar-refractivity contribution in [3.05, 3.63) is 72.1 Å². The smallest absolute Gasteiger partial charge is 0.434 e. The van der Waals surface area contributed by atoms with Crippen LogP contribution in [0, 0.1) is 0 Å². The van der Waals surface area contributed by atoms with Crippen molar-refractivity contribution in [1.29, 1.82) is 0 Å². The molecule has 1 aromatic heterocycles. The van der Waals surface area contributed by atoms with E-state index in [4.69, 9.17) is 4.74 Å². The molecule has 2 aromatic carbocycles. The van der Waals surface area contributed by atoms with Crippen molar-refractivity contribution in [3.8, 4) is 11.4 Å². The molecule has 0 atom stereocenters. The quantitative estimate of drug-likeness (QED) is 0.759. The summed E-state index contributed by atoms with van der Waals surface area (Å²) in [6, 6.07) is 14.1. The molecule has 0 spiro atoms. The van der Waals surface area contributed by atoms with Crippen LogP contribution in [0.5, 0.6) is 5.75 Å². The van der Waals surface area contributed by atoms with E-state index < -0.39 is 23.3 Å². The number of benzene rings is 2. The number of carbonyl (C=O) groups excluding carboxylic acids is 1. The summed E-state index contributed by atoms with van der Waals surface area (Å²) in [5.74, 6) is -0.389. The zero-order valence-electron chi connectivity index (χ0n) is 13.6. The van der Waals surface area contributed by atoms with E-state index in [9.17, 15) is 18.0 Å². The summed E-state index contributed by atoms with van der Waals surface area (Å²) in [7, 11) is 1.45. The topological polar surface area (TPSA) is 56.2 Å². The number of para-hydroxylation sites is 1. The van der Waals surface area contributed by atoms with Crippen LogP contribution in [0.2, 0.25) is 0 Å². The molecule has 0 bridgehead atoms. The van der Waals surface area contributed by atoms with Gasteiger partial charge in [0.2, 0.25) is 0 Å². The van der Waals surface area contributed by atoms with E-state index in [-0.39, 0.29) is 5.69 Å². The first-order valence-corrected chi connectivity index (χ1v) is 7.56. The highest BCUT2D eigenvalue weighted by molar-refractivity contribution is 6.05. The number of amides is 1. The van der Waals surface area contributed by atoms with Crippen molar-refractivity contribution in [1.82, 2.24) is 9.78 Å². The van der Waals surface area contributed by atoms with Gasteiger partial charge in [0.25, 0.3) is 5.91 Å². The summed E-state index contributed by atoms with van der Waals surface area (Å²) in [6.45, 7) is 0. The number of aromatic nitrogens is 2. The molecule has 8 heteroatoms. The first-order chi connectivity index (χ1) is 12.4. The zero-order valence-corrected chi connectivity index (χ0v) is 13.6. The molecule has 0 radical (unpaired) electrons. The Morgan fingerprint density at radius 1 is 1.08 bits per heavy atom. The number of nitrogens with zero attached hydrogens (tertiary/aromatic N) is 2. The number of halogens is 3. The van der Waals surface area contributed by atoms with Crippen LogP contribution in [-0.2, 0) is 6.18 Å². The summed E-state index contributed by atoms with van der Waals surface area (Å²) < 4.78 is 46.5. The number of hydrogen-bond donors (Lipinski definition) is 1. The van der Waals surface area contributed by atoms with Crippen LogP contribution in [-0.4, -0.2) is 22.8 Å². The number of alkyl halides is 3. The molecule has 1 heterocycles. The van der Waals surface area contributed by atoms with Gasteiger partial charge in [0.1, 0.15) is 5.75 Å². The molecular formula is C18H14F3N3O2. The van der Waals surface area contributed by atoms with Gasteiger partial charge >= 0.3 is 6.18 Å². The number of carbonyl (C=O) groups is 1. The molecule has 3 rings (SSSR count). The van der Waals surface area contributed by atoms with Gasteiger partial charge in [0.05, 0.1) is 24.6 Å². The fourth-order valence-corrected chi connectivity index (χ4v) is 2.43. The van der Waals surface area contributed by atoms with Crippen molar-refractivity contribution in [3.63, 3.8) is 0 Å². The number of rotatable bonds is 4. The van der Waals surface area contributed by atoms with Gasteiger partial charge in [0.15, 0.2) is 5.69 Å². The first-order valence-electron chi connectivity index (χ1n) is 7.56. The van der Waals surface area contributed by atoms with Gasteiger partial charge in [0, 0.05) is 5.69 Å². The lowest BCUT2D eigenvalue weighted by Crippen LogP contribution is -2.20. The number of hydrogen-bond acceptors (Lipinski definition) is 3. The Labute approximate surface area is 147 Å². The first kappa shape index (κ1) is 17.5. The molecule has 1 amide bonds. The standard InChI is InChI=1S/C18H14F3N3O2/c1-26-14-9-7-13(8-10-14)24-16(18(19,20)21)15(11-22-24)17(25)23-12-5-3-2-4-6-12/h2-11H,1H3,(H,23,25). The number of nitrogens with one attached hydrogen (secondary N) is 1. The van der Waals surface area contributed by atoms with Gasteiger partial charge in [-0.1, -0.05) is 18.2 Å². The van der Waals surface area contributed by atoms with Gasteiger partial charge in [-0.25, -0.2) is 4.68 Å². The lowest BCUT2D eigenvalue weighted by atomic mass is 10.2. The van der Waals surface area contributed by atoms with E-state index in [1.165, 1.54) is 31.4 Å². The number of methoxy groups -OCH3 is 1. The van der Waals surface area contributed by atoms with Crippen molar-refractivity contribution in [2.45, 2.75) is 6.18 Å². The Morgan fingerprint density at radius 2 is 1.73 bits per heavy atom. The van der Waals surface area contributed by atoms with Crippen LogP contribution >= 0.6 is 0 Å². The SMILES string of the molecule is COc1ccc(-n2ncc(C(=O)Nc3ccccc3)c2C(F)(F)F)cc1. The second kappa shape index (κ2) is 6.91. The lowest BCUT2D eigenvalue weighted by Gasteiger charge is -2.13. The van der Waals surface area contributed by atoms with Gasteiger partial charge < -0.3 is 10.1 Å². The van der Waals surface area contributed by atoms with E-state index in [1.807, 2.05) is 0 Å². The molecule has 0 aliphatic carbocycles. The third-order valence-corrected chi connectivity index (χ3v) is 3.63. The van der Waals surface area contributed by atoms with E-state index in [0.717, 1.165) is 6.20 Å². The van der Waals surface area contributed by atoms with Crippen LogP contribution in [0.3, 0.4) is 0 Å². The highest BCUT2D eigenvalue weighted by atomic mass is 19.4. The van der Waals surface area contributed by atoms with E-state index in [1.54, 1.807) is 30.3 Å². The van der Waals surface area contributed by atoms with Crippen molar-refractivity contribution < 1.29 is 22.7 Å². The molecule has 0 saturated heterocycles. The van der Waals surface area contributed by atoms with Gasteiger partial charge in [-0.05, 0) is 36.4 Å². The third-order valence-electron chi connectivity index (χ3n) is 3.63. The average Bonchev–Trinajstić information content (AvgIpc) is 3.08. The van der Waals surface area contributed by atoms with Crippen molar-refractivity contribution in [2.24, 2.45) is 0 Å². The maximum absolute atomic E-state index is 13.6. The summed E-state index contributed by atoms with van der Waals surface area (Å²) in [6.07, 6.45) is -3.86. The third kappa shape index (κ3) is 3.53. The van der Waals surface area contributed by atoms with Gasteiger partial charge in [-0.3, -0.25) is 4.79 Å². The molecule has 26 heavy (non-hydrogen) atoms. The summed E-state index contributed by atoms with van der Waals surface area (Å²) >= 11 is 0. The van der Waals surface area contributed by atoms with Crippen LogP contribution in [0.25, 0.3) is 5.69 Å². The average molecular weight is 361 g/mol. The van der Waals surface area contributed by atoms with Crippen LogP contribution < -0.4 is 10.1 Å². The van der Waals surface area contributed by atoms with Crippen LogP contribution in [0.1, 0.15) is 16.1 Å². The summed E-state index contributed by atoms with van der Waals surface area (Å²) in [4.78, 5) is 12.3. The fourth-order valence-electron chi connectivity index (χ4n) is 2.43. The molecule has 0 saturated carbocycles. The molecule has 0 fully saturated rings. The van der Waals surface area contributed by atoms with Crippen molar-refractivity contribution >= 4 is 11.6 Å². The Hall–Kier alpha value is -3.29. The highest BCUT2D eigenvalue weighted by Gasteiger charge is 2.40. The Kier molecular flexibility index (Phi) is 4.66. The minimum atomic E-state index is -4.76. The molecule has 0 unspecified atom stereocenters. The molecule has 0 aliphatic heterocycles. The molecule has 1 N–H and O–H groups in total. The Bertz CT molecular complexity index is 904. The minimum Gasteiger partial charge on any atom is -0.497 e. The van der Waals surface area contributed by atoms with Crippen LogP contribution in [0.4, 0.5) is 18.9 Å². The van der Waals surface area contributed by atoms with Gasteiger partial charge in [-0.2, -0.15) is 18.3 Å². The van der Waals surface area contributed by atoms with E-state index >= 15 is 0 Å². The maximum atomic E-state index is 13.6. The Balaban J connectivity index is 2.01. The number of ether oxygens (including phenoxy) is 1. The summed E-state index contributed by atoms with van der Waals surface area (Å²) in [5, 5.41) is 6.21. The molecule has 3 aromatic rings. The predicted molar refractivity (Wildman–Crippen MR) is 89.5 cm³/mol. The maximum Gasteiger partial charge on any atom is 0.434 e. The molecular weight excluding hydrogens is 347 g/mol. The monoisotopic (exact) mass is 361 g/mol. The zero-order chi connectivity index (χ0) is 18.7. The largest absolute Gasteiger partial charge is 0.497 e.